The average molecular weight is 424 g/mol. The van der Waals surface area contributed by atoms with E-state index < -0.39 is 22.3 Å². The Hall–Kier alpha value is -3.14. The van der Waals surface area contributed by atoms with Crippen LogP contribution in [0.1, 0.15) is 5.56 Å². The minimum atomic E-state index is -0.750. The summed E-state index contributed by atoms with van der Waals surface area (Å²) in [5.41, 5.74) is 1.97. The van der Waals surface area contributed by atoms with Crippen molar-refractivity contribution in [1.29, 1.82) is 0 Å². The highest BCUT2D eigenvalue weighted by atomic mass is 79.9. The van der Waals surface area contributed by atoms with E-state index in [-0.39, 0.29) is 17.9 Å². The van der Waals surface area contributed by atoms with Gasteiger partial charge < -0.3 is 14.6 Å². The second-order valence-electron chi connectivity index (χ2n) is 4.88. The molecule has 0 aromatic heterocycles. The number of carbonyl (C=O) groups excluding carboxylic acids is 1. The van der Waals surface area contributed by atoms with Crippen LogP contribution in [0.5, 0.6) is 17.2 Å². The van der Waals surface area contributed by atoms with Gasteiger partial charge >= 0.3 is 5.69 Å². The van der Waals surface area contributed by atoms with Gasteiger partial charge in [0.15, 0.2) is 12.4 Å². The molecule has 136 valence electrons. The fraction of sp³-hybridized carbons (Fsp3) is 0.125. The van der Waals surface area contributed by atoms with Crippen molar-refractivity contribution < 1.29 is 24.3 Å². The summed E-state index contributed by atoms with van der Waals surface area (Å²) in [7, 11) is 1.26. The highest BCUT2D eigenvalue weighted by molar-refractivity contribution is 9.10. The number of phenolic OH excluding ortho intramolecular Hbond substituents is 1. The van der Waals surface area contributed by atoms with Crippen molar-refractivity contribution in [3.8, 4) is 17.2 Å². The molecule has 0 spiro atoms. The second-order valence-corrected chi connectivity index (χ2v) is 5.80. The number of hydrazone groups is 1. The van der Waals surface area contributed by atoms with Crippen LogP contribution in [0.25, 0.3) is 0 Å². The monoisotopic (exact) mass is 423 g/mol. The van der Waals surface area contributed by atoms with E-state index in [2.05, 4.69) is 26.5 Å². The number of nitro benzene ring substituents is 1. The van der Waals surface area contributed by atoms with Crippen LogP contribution in [0.4, 0.5) is 5.69 Å². The lowest BCUT2D eigenvalue weighted by molar-refractivity contribution is -0.386. The lowest BCUT2D eigenvalue weighted by Crippen LogP contribution is -2.24. The summed E-state index contributed by atoms with van der Waals surface area (Å²) < 4.78 is 11.0. The van der Waals surface area contributed by atoms with E-state index in [0.717, 1.165) is 10.5 Å². The van der Waals surface area contributed by atoms with Gasteiger partial charge in [0.25, 0.3) is 5.91 Å². The van der Waals surface area contributed by atoms with Crippen LogP contribution in [0, 0.1) is 10.1 Å². The molecule has 0 saturated heterocycles. The third-order valence-corrected chi connectivity index (χ3v) is 3.61. The van der Waals surface area contributed by atoms with E-state index in [1.807, 2.05) is 0 Å². The molecule has 0 aliphatic rings. The maximum atomic E-state index is 11.7. The van der Waals surface area contributed by atoms with Gasteiger partial charge in [-0.2, -0.15) is 5.10 Å². The summed E-state index contributed by atoms with van der Waals surface area (Å²) >= 11 is 3.29. The summed E-state index contributed by atoms with van der Waals surface area (Å²) in [6, 6.07) is 9.39. The van der Waals surface area contributed by atoms with Crippen molar-refractivity contribution in [3.05, 3.63) is 56.5 Å². The van der Waals surface area contributed by atoms with Crippen molar-refractivity contribution in [2.75, 3.05) is 13.7 Å². The van der Waals surface area contributed by atoms with Gasteiger partial charge in [0.1, 0.15) is 5.75 Å². The van der Waals surface area contributed by atoms with Crippen LogP contribution >= 0.6 is 15.9 Å². The SMILES string of the molecule is COc1cc(/C=N/NC(=O)COc2ccc(Br)cc2)cc([N+](=O)[O-])c1O. The first-order valence-corrected chi connectivity index (χ1v) is 7.95. The molecule has 10 heteroatoms. The number of halogens is 1. The topological polar surface area (TPSA) is 123 Å². The minimum Gasteiger partial charge on any atom is -0.500 e. The summed E-state index contributed by atoms with van der Waals surface area (Å²) in [6.07, 6.45) is 1.19. The molecule has 0 aliphatic heterocycles. The highest BCUT2D eigenvalue weighted by Gasteiger charge is 2.19. The van der Waals surface area contributed by atoms with Crippen molar-refractivity contribution in [2.24, 2.45) is 5.10 Å². The van der Waals surface area contributed by atoms with Gasteiger partial charge in [0.05, 0.1) is 18.2 Å². The predicted molar refractivity (Wildman–Crippen MR) is 96.7 cm³/mol. The number of nitrogens with one attached hydrogen (secondary N) is 1. The van der Waals surface area contributed by atoms with Gasteiger partial charge in [-0.3, -0.25) is 14.9 Å². The van der Waals surface area contributed by atoms with Crippen LogP contribution in [-0.4, -0.2) is 35.9 Å². The van der Waals surface area contributed by atoms with Gasteiger partial charge in [-0.05, 0) is 30.3 Å². The maximum absolute atomic E-state index is 11.7. The third-order valence-electron chi connectivity index (χ3n) is 3.08. The summed E-state index contributed by atoms with van der Waals surface area (Å²) in [6.45, 7) is -0.252. The van der Waals surface area contributed by atoms with E-state index >= 15 is 0 Å². The lowest BCUT2D eigenvalue weighted by Gasteiger charge is -2.06. The van der Waals surface area contributed by atoms with Crippen LogP contribution in [-0.2, 0) is 4.79 Å². The van der Waals surface area contributed by atoms with Gasteiger partial charge in [-0.15, -0.1) is 0 Å². The number of methoxy groups -OCH3 is 1. The zero-order valence-electron chi connectivity index (χ0n) is 13.5. The fourth-order valence-electron chi connectivity index (χ4n) is 1.87. The lowest BCUT2D eigenvalue weighted by atomic mass is 10.2. The Balaban J connectivity index is 1.96. The number of rotatable bonds is 7. The van der Waals surface area contributed by atoms with E-state index in [1.54, 1.807) is 24.3 Å². The summed E-state index contributed by atoms with van der Waals surface area (Å²) in [5, 5.41) is 24.3. The molecule has 2 N–H and O–H groups in total. The maximum Gasteiger partial charge on any atom is 0.315 e. The molecule has 0 aliphatic carbocycles. The number of phenols is 1. The third kappa shape index (κ3) is 5.18. The van der Waals surface area contributed by atoms with Gasteiger partial charge in [-0.25, -0.2) is 5.43 Å². The fourth-order valence-corrected chi connectivity index (χ4v) is 2.14. The number of hydrogen-bond donors (Lipinski definition) is 2. The Morgan fingerprint density at radius 2 is 2.08 bits per heavy atom. The second kappa shape index (κ2) is 8.81. The Morgan fingerprint density at radius 1 is 1.38 bits per heavy atom. The first kappa shape index (κ1) is 19.2. The molecule has 0 heterocycles. The zero-order valence-corrected chi connectivity index (χ0v) is 15.1. The number of hydrogen-bond acceptors (Lipinski definition) is 7. The molecule has 2 rings (SSSR count). The number of carbonyl (C=O) groups is 1. The predicted octanol–water partition coefficient (Wildman–Crippen LogP) is 2.60. The molecule has 9 nitrogen and oxygen atoms in total. The Labute approximate surface area is 156 Å². The smallest absolute Gasteiger partial charge is 0.315 e. The molecule has 2 aromatic carbocycles. The number of aromatic hydroxyl groups is 1. The zero-order chi connectivity index (χ0) is 19.1. The largest absolute Gasteiger partial charge is 0.500 e. The Morgan fingerprint density at radius 3 is 2.69 bits per heavy atom. The Kier molecular flexibility index (Phi) is 6.50. The van der Waals surface area contributed by atoms with E-state index in [1.165, 1.54) is 19.4 Å². The van der Waals surface area contributed by atoms with Crippen LogP contribution in [0.2, 0.25) is 0 Å². The van der Waals surface area contributed by atoms with Gasteiger partial charge in [0, 0.05) is 16.1 Å². The molecule has 0 unspecified atom stereocenters. The van der Waals surface area contributed by atoms with Gasteiger partial charge in [0.2, 0.25) is 5.75 Å². The number of benzene rings is 2. The first-order chi connectivity index (χ1) is 12.4. The summed E-state index contributed by atoms with van der Waals surface area (Å²) in [4.78, 5) is 21.9. The molecule has 1 amide bonds. The summed E-state index contributed by atoms with van der Waals surface area (Å²) in [5.74, 6) is -0.650. The van der Waals surface area contributed by atoms with Crippen molar-refractivity contribution in [2.45, 2.75) is 0 Å². The molecule has 0 radical (unpaired) electrons. The molecule has 0 fully saturated rings. The molecule has 2 aromatic rings. The van der Waals surface area contributed by atoms with E-state index in [9.17, 15) is 20.0 Å². The molecular weight excluding hydrogens is 410 g/mol. The quantitative estimate of drug-likeness (QED) is 0.400. The van der Waals surface area contributed by atoms with Gasteiger partial charge in [-0.1, -0.05) is 15.9 Å². The number of ether oxygens (including phenoxy) is 2. The molecular formula is C16H14BrN3O6. The van der Waals surface area contributed by atoms with Crippen molar-refractivity contribution in [1.82, 2.24) is 5.43 Å². The molecule has 0 bridgehead atoms. The van der Waals surface area contributed by atoms with Crippen molar-refractivity contribution >= 4 is 33.7 Å². The van der Waals surface area contributed by atoms with Crippen LogP contribution in [0.3, 0.4) is 0 Å². The number of amides is 1. The molecule has 0 atom stereocenters. The molecule has 0 saturated carbocycles. The van der Waals surface area contributed by atoms with E-state index in [4.69, 9.17) is 9.47 Å². The van der Waals surface area contributed by atoms with Crippen LogP contribution < -0.4 is 14.9 Å². The number of nitrogens with zero attached hydrogens (tertiary/aromatic N) is 2. The normalized spacial score (nSPS) is 10.5. The Bertz CT molecular complexity index is 839. The number of nitro groups is 1. The average Bonchev–Trinajstić information content (AvgIpc) is 2.62. The van der Waals surface area contributed by atoms with Crippen molar-refractivity contribution in [3.63, 3.8) is 0 Å². The first-order valence-electron chi connectivity index (χ1n) is 7.16. The minimum absolute atomic E-state index is 0.0782. The highest BCUT2D eigenvalue weighted by Crippen LogP contribution is 2.36. The van der Waals surface area contributed by atoms with E-state index in [0.29, 0.717) is 5.75 Å². The molecule has 26 heavy (non-hydrogen) atoms. The van der Waals surface area contributed by atoms with Crippen LogP contribution in [0.15, 0.2) is 46.0 Å². The standard InChI is InChI=1S/C16H14BrN3O6/c1-25-14-7-10(6-13(16(14)22)20(23)24)8-18-19-15(21)9-26-12-4-2-11(17)3-5-12/h2-8,22H,9H2,1H3,(H,19,21)/b18-8+.